The second-order valence-electron chi connectivity index (χ2n) is 7.39. The summed E-state index contributed by atoms with van der Waals surface area (Å²) in [6.07, 6.45) is 4.60. The molecule has 0 spiro atoms. The fourth-order valence-corrected chi connectivity index (χ4v) is 3.85. The molecule has 0 bridgehead atoms. The van der Waals surface area contributed by atoms with E-state index in [4.69, 9.17) is 9.15 Å². The van der Waals surface area contributed by atoms with Crippen LogP contribution in [0.4, 0.5) is 0 Å². The molecule has 0 radical (unpaired) electrons. The summed E-state index contributed by atoms with van der Waals surface area (Å²) in [6.45, 7) is 5.14. The summed E-state index contributed by atoms with van der Waals surface area (Å²) >= 11 is 0. The Hall–Kier alpha value is -2.18. The first kappa shape index (κ1) is 18.2. The molecule has 0 unspecified atom stereocenters. The summed E-state index contributed by atoms with van der Waals surface area (Å²) in [4.78, 5) is 21.4. The minimum Gasteiger partial charge on any atom is -0.445 e. The Kier molecular flexibility index (Phi) is 5.84. The Morgan fingerprint density at radius 2 is 1.96 bits per heavy atom. The predicted octanol–water partition coefficient (Wildman–Crippen LogP) is 2.30. The number of carbonyl (C=O) groups is 1. The number of nitrogens with zero attached hydrogens (tertiary/aromatic N) is 3. The third kappa shape index (κ3) is 4.76. The summed E-state index contributed by atoms with van der Waals surface area (Å²) < 4.78 is 11.4. The van der Waals surface area contributed by atoms with Crippen molar-refractivity contribution >= 4 is 5.91 Å². The van der Waals surface area contributed by atoms with Crippen LogP contribution in [0, 0.1) is 0 Å². The van der Waals surface area contributed by atoms with Gasteiger partial charge in [0.25, 0.3) is 0 Å². The Morgan fingerprint density at radius 3 is 2.78 bits per heavy atom. The molecule has 144 valence electrons. The maximum absolute atomic E-state index is 12.7. The number of rotatable bonds is 5. The molecular weight excluding hydrogens is 342 g/mol. The fraction of sp³-hybridized carbons (Fsp3) is 0.524. The van der Waals surface area contributed by atoms with Gasteiger partial charge in [-0.2, -0.15) is 0 Å². The van der Waals surface area contributed by atoms with Gasteiger partial charge in [-0.3, -0.25) is 9.69 Å². The van der Waals surface area contributed by atoms with Crippen LogP contribution < -0.4 is 0 Å². The van der Waals surface area contributed by atoms with E-state index in [0.717, 1.165) is 63.8 Å². The normalized spacial score (nSPS) is 21.3. The van der Waals surface area contributed by atoms with Crippen LogP contribution in [-0.2, 0) is 16.0 Å². The van der Waals surface area contributed by atoms with Crippen LogP contribution >= 0.6 is 0 Å². The lowest BCUT2D eigenvalue weighted by atomic mass is 9.98. The highest BCUT2D eigenvalue weighted by Gasteiger charge is 2.28. The van der Waals surface area contributed by atoms with Crippen molar-refractivity contribution in [2.75, 3.05) is 45.9 Å². The molecule has 6 heteroatoms. The summed E-state index contributed by atoms with van der Waals surface area (Å²) in [6, 6.07) is 10.3. The van der Waals surface area contributed by atoms with Crippen LogP contribution in [0.2, 0.25) is 0 Å². The fourth-order valence-electron chi connectivity index (χ4n) is 3.85. The monoisotopic (exact) mass is 369 g/mol. The van der Waals surface area contributed by atoms with E-state index in [2.05, 4.69) is 22.0 Å². The third-order valence-corrected chi connectivity index (χ3v) is 5.38. The summed E-state index contributed by atoms with van der Waals surface area (Å²) in [5, 5.41) is 0. The molecule has 0 aliphatic carbocycles. The van der Waals surface area contributed by atoms with Crippen molar-refractivity contribution in [3.8, 4) is 0 Å². The molecule has 3 heterocycles. The molecule has 27 heavy (non-hydrogen) atoms. The number of hydrogen-bond acceptors (Lipinski definition) is 5. The van der Waals surface area contributed by atoms with Crippen LogP contribution in [0.25, 0.3) is 0 Å². The lowest BCUT2D eigenvalue weighted by Gasteiger charge is -2.34. The molecule has 6 nitrogen and oxygen atoms in total. The zero-order valence-corrected chi connectivity index (χ0v) is 15.7. The molecule has 2 aromatic rings. The first-order chi connectivity index (χ1) is 13.3. The molecule has 0 N–H and O–H groups in total. The number of morpholine rings is 1. The van der Waals surface area contributed by atoms with Gasteiger partial charge in [0.15, 0.2) is 5.89 Å². The van der Waals surface area contributed by atoms with Gasteiger partial charge in [-0.05, 0) is 18.4 Å². The number of likely N-dealkylation sites (tertiary alicyclic amines) is 1. The minimum absolute atomic E-state index is 0.192. The topological polar surface area (TPSA) is 58.8 Å². The number of amides is 1. The van der Waals surface area contributed by atoms with Crippen molar-refractivity contribution in [1.82, 2.24) is 14.8 Å². The SMILES string of the molecule is O=C(CN1CCOCC1)N1CCC[C@@H](c2ncc(Cc3ccccc3)o2)C1. The van der Waals surface area contributed by atoms with Crippen LogP contribution in [0.15, 0.2) is 40.9 Å². The number of benzene rings is 1. The van der Waals surface area contributed by atoms with Gasteiger partial charge in [0.2, 0.25) is 5.91 Å². The average Bonchev–Trinajstić information content (AvgIpc) is 3.18. The number of hydrogen-bond donors (Lipinski definition) is 0. The van der Waals surface area contributed by atoms with E-state index in [1.165, 1.54) is 5.56 Å². The number of piperidine rings is 1. The standard InChI is InChI=1S/C21H27N3O3/c25-20(16-23-9-11-26-12-10-23)24-8-4-7-18(15-24)21-22-14-19(27-21)13-17-5-2-1-3-6-17/h1-3,5-6,14,18H,4,7-13,15-16H2/t18-/m1/s1. The maximum atomic E-state index is 12.7. The molecule has 1 atom stereocenters. The number of aromatic nitrogens is 1. The highest BCUT2D eigenvalue weighted by Crippen LogP contribution is 2.27. The van der Waals surface area contributed by atoms with E-state index in [1.54, 1.807) is 0 Å². The zero-order valence-electron chi connectivity index (χ0n) is 15.7. The van der Waals surface area contributed by atoms with Gasteiger partial charge in [-0.1, -0.05) is 30.3 Å². The second kappa shape index (κ2) is 8.67. The van der Waals surface area contributed by atoms with Crippen molar-refractivity contribution in [3.63, 3.8) is 0 Å². The van der Waals surface area contributed by atoms with Crippen molar-refractivity contribution < 1.29 is 13.9 Å². The molecule has 2 aliphatic heterocycles. The summed E-state index contributed by atoms with van der Waals surface area (Å²) in [5.41, 5.74) is 1.21. The number of ether oxygens (including phenoxy) is 1. The third-order valence-electron chi connectivity index (χ3n) is 5.38. The first-order valence-electron chi connectivity index (χ1n) is 9.84. The van der Waals surface area contributed by atoms with Gasteiger partial charge in [0.05, 0.1) is 31.9 Å². The second-order valence-corrected chi connectivity index (χ2v) is 7.39. The van der Waals surface area contributed by atoms with E-state index >= 15 is 0 Å². The smallest absolute Gasteiger partial charge is 0.236 e. The van der Waals surface area contributed by atoms with Crippen molar-refractivity contribution in [3.05, 3.63) is 53.7 Å². The van der Waals surface area contributed by atoms with E-state index in [0.29, 0.717) is 13.1 Å². The maximum Gasteiger partial charge on any atom is 0.236 e. The van der Waals surface area contributed by atoms with E-state index in [1.807, 2.05) is 29.3 Å². The van der Waals surface area contributed by atoms with E-state index in [-0.39, 0.29) is 11.8 Å². The largest absolute Gasteiger partial charge is 0.445 e. The Bertz CT molecular complexity index is 740. The predicted molar refractivity (Wildman–Crippen MR) is 102 cm³/mol. The molecule has 4 rings (SSSR count). The van der Waals surface area contributed by atoms with Gasteiger partial charge < -0.3 is 14.1 Å². The highest BCUT2D eigenvalue weighted by atomic mass is 16.5. The summed E-state index contributed by atoms with van der Waals surface area (Å²) in [5.74, 6) is 2.05. The van der Waals surface area contributed by atoms with Crippen molar-refractivity contribution in [2.24, 2.45) is 0 Å². The average molecular weight is 369 g/mol. The molecular formula is C21H27N3O3. The van der Waals surface area contributed by atoms with Gasteiger partial charge in [0.1, 0.15) is 5.76 Å². The van der Waals surface area contributed by atoms with Crippen LogP contribution in [0.5, 0.6) is 0 Å². The molecule has 1 amide bonds. The number of oxazole rings is 1. The zero-order chi connectivity index (χ0) is 18.5. The minimum atomic E-state index is 0.192. The van der Waals surface area contributed by atoms with Crippen LogP contribution in [-0.4, -0.2) is 66.6 Å². The van der Waals surface area contributed by atoms with Gasteiger partial charge in [-0.15, -0.1) is 0 Å². The Labute approximate surface area is 160 Å². The van der Waals surface area contributed by atoms with Gasteiger partial charge in [-0.25, -0.2) is 4.98 Å². The molecule has 2 aliphatic rings. The van der Waals surface area contributed by atoms with Gasteiger partial charge in [0, 0.05) is 32.6 Å². The lowest BCUT2D eigenvalue weighted by molar-refractivity contribution is -0.134. The van der Waals surface area contributed by atoms with Crippen LogP contribution in [0.1, 0.15) is 36.0 Å². The van der Waals surface area contributed by atoms with Gasteiger partial charge >= 0.3 is 0 Å². The first-order valence-corrected chi connectivity index (χ1v) is 9.84. The van der Waals surface area contributed by atoms with Crippen molar-refractivity contribution in [2.45, 2.75) is 25.2 Å². The van der Waals surface area contributed by atoms with E-state index in [9.17, 15) is 4.79 Å². The molecule has 2 fully saturated rings. The molecule has 2 saturated heterocycles. The molecule has 1 aromatic carbocycles. The number of carbonyl (C=O) groups excluding carboxylic acids is 1. The van der Waals surface area contributed by atoms with Crippen LogP contribution in [0.3, 0.4) is 0 Å². The summed E-state index contributed by atoms with van der Waals surface area (Å²) in [7, 11) is 0. The van der Waals surface area contributed by atoms with Crippen molar-refractivity contribution in [1.29, 1.82) is 0 Å². The highest BCUT2D eigenvalue weighted by molar-refractivity contribution is 5.78. The molecule has 0 saturated carbocycles. The molecule has 1 aromatic heterocycles. The Balaban J connectivity index is 1.34. The van der Waals surface area contributed by atoms with E-state index < -0.39 is 0 Å². The quantitative estimate of drug-likeness (QED) is 0.809. The lowest BCUT2D eigenvalue weighted by Crippen LogP contribution is -2.47. The Morgan fingerprint density at radius 1 is 1.15 bits per heavy atom.